The number of hydrogen-bond donors (Lipinski definition) is 1. The maximum absolute atomic E-state index is 13.6. The van der Waals surface area contributed by atoms with Gasteiger partial charge in [0.25, 0.3) is 0 Å². The van der Waals surface area contributed by atoms with Crippen LogP contribution in [0.5, 0.6) is 5.75 Å². The maximum atomic E-state index is 13.6. The van der Waals surface area contributed by atoms with Crippen molar-refractivity contribution >= 4 is 46.4 Å². The van der Waals surface area contributed by atoms with Gasteiger partial charge in [-0.05, 0) is 81.1 Å². The summed E-state index contributed by atoms with van der Waals surface area (Å²) in [4.78, 5) is 31.3. The number of piperidine rings is 2. The molecule has 248 valence electrons. The van der Waals surface area contributed by atoms with Gasteiger partial charge in [0, 0.05) is 63.0 Å². The second-order valence-corrected chi connectivity index (χ2v) is 12.3. The molecule has 0 saturated carbocycles. The minimum absolute atomic E-state index is 0.0155. The Labute approximate surface area is 269 Å². The smallest absolute Gasteiger partial charge is 0.456 e. The number of nitrogens with one attached hydrogen (secondary N) is 1. The molecule has 2 heterocycles. The molecular weight excluding hydrogens is 642 g/mol. The van der Waals surface area contributed by atoms with Crippen LogP contribution in [0.2, 0.25) is 10.0 Å². The van der Waals surface area contributed by atoms with Crippen LogP contribution in [0.3, 0.4) is 0 Å². The van der Waals surface area contributed by atoms with Crippen LogP contribution in [0.4, 0.5) is 33.3 Å². The predicted molar refractivity (Wildman–Crippen MR) is 164 cm³/mol. The zero-order valence-electron chi connectivity index (χ0n) is 24.9. The summed E-state index contributed by atoms with van der Waals surface area (Å²) in [7, 11) is 0. The standard InChI is InChI=1S/C31H37Cl2F5N4O3/c1-21(43)41-17-9-22(10-18-41)29(44)42(25-5-8-27(32)28(33)19-25)14-2-13-40-15-11-24(12-16-40)39-23-3-6-26(7-4-23)45-20-30(34,35)31(36,37)38/h3-8,19,22,24,39H,2,9-18,20H2,1H3. The van der Waals surface area contributed by atoms with Crippen molar-refractivity contribution in [2.45, 2.75) is 57.2 Å². The number of likely N-dealkylation sites (tertiary alicyclic amines) is 2. The van der Waals surface area contributed by atoms with Gasteiger partial charge in [-0.2, -0.15) is 22.0 Å². The van der Waals surface area contributed by atoms with E-state index in [1.807, 2.05) is 0 Å². The summed E-state index contributed by atoms with van der Waals surface area (Å²) in [6.45, 7) is 3.83. The maximum Gasteiger partial charge on any atom is 0.456 e. The van der Waals surface area contributed by atoms with Gasteiger partial charge in [-0.25, -0.2) is 0 Å². The Balaban J connectivity index is 1.24. The first-order chi connectivity index (χ1) is 21.2. The molecule has 2 amide bonds. The van der Waals surface area contributed by atoms with Gasteiger partial charge in [-0.1, -0.05) is 23.2 Å². The summed E-state index contributed by atoms with van der Waals surface area (Å²) in [5.41, 5.74) is 1.41. The highest BCUT2D eigenvalue weighted by Gasteiger charge is 2.58. The van der Waals surface area contributed by atoms with Crippen molar-refractivity contribution in [1.29, 1.82) is 0 Å². The molecule has 4 rings (SSSR count). The molecule has 7 nitrogen and oxygen atoms in total. The third kappa shape index (κ3) is 9.59. The Morgan fingerprint density at radius 2 is 1.58 bits per heavy atom. The minimum Gasteiger partial charge on any atom is -0.487 e. The lowest BCUT2D eigenvalue weighted by Gasteiger charge is -2.35. The Hall–Kier alpha value is -2.83. The van der Waals surface area contributed by atoms with E-state index in [1.54, 1.807) is 40.1 Å². The van der Waals surface area contributed by atoms with E-state index < -0.39 is 18.7 Å². The molecule has 0 spiro atoms. The van der Waals surface area contributed by atoms with E-state index in [1.165, 1.54) is 19.1 Å². The van der Waals surface area contributed by atoms with Crippen molar-refractivity contribution in [3.8, 4) is 5.75 Å². The van der Waals surface area contributed by atoms with Gasteiger partial charge in [-0.3, -0.25) is 9.59 Å². The monoisotopic (exact) mass is 678 g/mol. The van der Waals surface area contributed by atoms with E-state index in [-0.39, 0.29) is 29.5 Å². The van der Waals surface area contributed by atoms with Crippen molar-refractivity contribution in [2.75, 3.05) is 56.1 Å². The molecule has 0 radical (unpaired) electrons. The number of amides is 2. The van der Waals surface area contributed by atoms with Crippen molar-refractivity contribution in [1.82, 2.24) is 9.80 Å². The van der Waals surface area contributed by atoms with E-state index in [0.29, 0.717) is 53.9 Å². The molecule has 2 aromatic carbocycles. The van der Waals surface area contributed by atoms with Crippen LogP contribution in [-0.2, 0) is 9.59 Å². The largest absolute Gasteiger partial charge is 0.487 e. The summed E-state index contributed by atoms with van der Waals surface area (Å²) in [6, 6.07) is 11.2. The molecular formula is C31H37Cl2F5N4O3. The van der Waals surface area contributed by atoms with Crippen molar-refractivity contribution < 1.29 is 36.3 Å². The fourth-order valence-electron chi connectivity index (χ4n) is 5.57. The highest BCUT2D eigenvalue weighted by Crippen LogP contribution is 2.36. The number of nitrogens with zero attached hydrogens (tertiary/aromatic N) is 3. The number of rotatable bonds is 11. The topological polar surface area (TPSA) is 65.1 Å². The average molecular weight is 680 g/mol. The quantitative estimate of drug-likeness (QED) is 0.256. The first-order valence-corrected chi connectivity index (χ1v) is 15.7. The number of hydrogen-bond acceptors (Lipinski definition) is 5. The van der Waals surface area contributed by atoms with Crippen LogP contribution in [0, 0.1) is 5.92 Å². The predicted octanol–water partition coefficient (Wildman–Crippen LogP) is 7.13. The van der Waals surface area contributed by atoms with Gasteiger partial charge in [0.05, 0.1) is 10.0 Å². The van der Waals surface area contributed by atoms with E-state index in [4.69, 9.17) is 23.2 Å². The zero-order valence-corrected chi connectivity index (χ0v) is 26.4. The van der Waals surface area contributed by atoms with Crippen LogP contribution in [0.15, 0.2) is 42.5 Å². The molecule has 0 aromatic heterocycles. The van der Waals surface area contributed by atoms with E-state index in [2.05, 4.69) is 15.0 Å². The molecule has 2 fully saturated rings. The number of carbonyl (C=O) groups excluding carboxylic acids is 2. The Kier molecular flexibility index (Phi) is 11.8. The van der Waals surface area contributed by atoms with Gasteiger partial charge in [0.1, 0.15) is 5.75 Å². The van der Waals surface area contributed by atoms with Crippen LogP contribution in [-0.4, -0.2) is 85.6 Å². The van der Waals surface area contributed by atoms with E-state index >= 15 is 0 Å². The summed E-state index contributed by atoms with van der Waals surface area (Å²) in [6.07, 6.45) is -2.01. The highest BCUT2D eigenvalue weighted by molar-refractivity contribution is 6.42. The fourth-order valence-corrected chi connectivity index (χ4v) is 5.87. The lowest BCUT2D eigenvalue weighted by molar-refractivity contribution is -0.290. The van der Waals surface area contributed by atoms with Crippen LogP contribution in [0.1, 0.15) is 39.0 Å². The third-order valence-electron chi connectivity index (χ3n) is 8.27. The number of benzene rings is 2. The average Bonchev–Trinajstić information content (AvgIpc) is 3.00. The van der Waals surface area contributed by atoms with Crippen molar-refractivity contribution in [3.05, 3.63) is 52.5 Å². The highest BCUT2D eigenvalue weighted by atomic mass is 35.5. The normalized spacial score (nSPS) is 17.3. The minimum atomic E-state index is -5.67. The summed E-state index contributed by atoms with van der Waals surface area (Å²) >= 11 is 12.4. The molecule has 14 heteroatoms. The number of alkyl halides is 5. The van der Waals surface area contributed by atoms with Crippen molar-refractivity contribution in [2.24, 2.45) is 5.92 Å². The zero-order chi connectivity index (χ0) is 32.8. The molecule has 2 aliphatic rings. The van der Waals surface area contributed by atoms with Crippen LogP contribution < -0.4 is 15.0 Å². The Bertz CT molecular complexity index is 1300. The van der Waals surface area contributed by atoms with E-state index in [0.717, 1.165) is 38.9 Å². The molecule has 1 N–H and O–H groups in total. The lowest BCUT2D eigenvalue weighted by Crippen LogP contribution is -2.45. The molecule has 2 saturated heterocycles. The van der Waals surface area contributed by atoms with Gasteiger partial charge >= 0.3 is 12.1 Å². The van der Waals surface area contributed by atoms with Gasteiger partial charge < -0.3 is 24.8 Å². The lowest BCUT2D eigenvalue weighted by atomic mass is 9.94. The molecule has 45 heavy (non-hydrogen) atoms. The second-order valence-electron chi connectivity index (χ2n) is 11.5. The molecule has 0 bridgehead atoms. The Morgan fingerprint density at radius 1 is 0.933 bits per heavy atom. The van der Waals surface area contributed by atoms with Crippen LogP contribution >= 0.6 is 23.2 Å². The molecule has 0 unspecified atom stereocenters. The molecule has 2 aromatic rings. The number of carbonyl (C=O) groups is 2. The first kappa shape index (κ1) is 35.0. The fraction of sp³-hybridized carbons (Fsp3) is 0.548. The summed E-state index contributed by atoms with van der Waals surface area (Å²) in [5.74, 6) is -5.15. The van der Waals surface area contributed by atoms with Gasteiger partial charge in [0.2, 0.25) is 11.8 Å². The Morgan fingerprint density at radius 3 is 2.16 bits per heavy atom. The molecule has 0 aliphatic carbocycles. The first-order valence-electron chi connectivity index (χ1n) is 14.9. The molecule has 0 atom stereocenters. The molecule has 2 aliphatic heterocycles. The van der Waals surface area contributed by atoms with Crippen LogP contribution in [0.25, 0.3) is 0 Å². The van der Waals surface area contributed by atoms with Gasteiger partial charge in [0.15, 0.2) is 6.61 Å². The van der Waals surface area contributed by atoms with Gasteiger partial charge in [-0.15, -0.1) is 0 Å². The number of anilines is 2. The number of ether oxygens (including phenoxy) is 1. The third-order valence-corrected chi connectivity index (χ3v) is 9.01. The summed E-state index contributed by atoms with van der Waals surface area (Å²) in [5, 5.41) is 4.17. The van der Waals surface area contributed by atoms with Crippen molar-refractivity contribution in [3.63, 3.8) is 0 Å². The second kappa shape index (κ2) is 15.2. The number of halogens is 7. The summed E-state index contributed by atoms with van der Waals surface area (Å²) < 4.78 is 67.9. The van der Waals surface area contributed by atoms with E-state index in [9.17, 15) is 31.5 Å². The SMILES string of the molecule is CC(=O)N1CCC(C(=O)N(CCCN2CCC(Nc3ccc(OCC(F)(F)C(F)(F)F)cc3)CC2)c2ccc(Cl)c(Cl)c2)CC1.